The van der Waals surface area contributed by atoms with Gasteiger partial charge in [-0.1, -0.05) is 16.4 Å². The molecule has 0 unspecified atom stereocenters. The van der Waals surface area contributed by atoms with E-state index in [-0.39, 0.29) is 11.5 Å². The van der Waals surface area contributed by atoms with Gasteiger partial charge in [-0.25, -0.2) is 9.37 Å². The third-order valence-corrected chi connectivity index (χ3v) is 4.87. The highest BCUT2D eigenvalue weighted by Gasteiger charge is 2.30. The molecular formula is C14H17B6FN2O4. The lowest BCUT2D eigenvalue weighted by Crippen LogP contribution is -2.55. The smallest absolute Gasteiger partial charge is 0.311 e. The van der Waals surface area contributed by atoms with E-state index >= 15 is 0 Å². The van der Waals surface area contributed by atoms with Gasteiger partial charge in [-0.15, -0.1) is 0 Å². The fourth-order valence-electron chi connectivity index (χ4n) is 2.90. The average molecular weight is 361 g/mol. The van der Waals surface area contributed by atoms with Gasteiger partial charge in [0.2, 0.25) is 0 Å². The van der Waals surface area contributed by atoms with Crippen molar-refractivity contribution in [2.45, 2.75) is 5.34 Å². The van der Waals surface area contributed by atoms with E-state index < -0.39 is 23.0 Å². The number of halogens is 1. The molecule has 13 heteroatoms. The van der Waals surface area contributed by atoms with Crippen LogP contribution in [0.15, 0.2) is 12.3 Å². The summed E-state index contributed by atoms with van der Waals surface area (Å²) in [5.74, 6) is -2.77. The number of amides is 1. The zero-order valence-corrected chi connectivity index (χ0v) is 16.2. The van der Waals surface area contributed by atoms with Crippen molar-refractivity contribution in [3.05, 3.63) is 23.8 Å². The van der Waals surface area contributed by atoms with Crippen LogP contribution in [0.1, 0.15) is 10.5 Å². The molecule has 0 aliphatic carbocycles. The maximum absolute atomic E-state index is 14.5. The molecule has 1 heterocycles. The molecule has 6 nitrogen and oxygen atoms in total. The number of nitrogens with zero attached hydrogens (tertiary/aromatic N) is 1. The van der Waals surface area contributed by atoms with Crippen LogP contribution in [-0.2, 0) is 4.79 Å². The summed E-state index contributed by atoms with van der Waals surface area (Å²) in [6.45, 7) is 0. The maximum atomic E-state index is 14.5. The van der Waals surface area contributed by atoms with E-state index in [1.807, 2.05) is 15.7 Å². The number of hydrogen-bond acceptors (Lipinski definition) is 4. The van der Waals surface area contributed by atoms with Crippen LogP contribution >= 0.6 is 0 Å². The lowest BCUT2D eigenvalue weighted by molar-refractivity contribution is -0.138. The van der Waals surface area contributed by atoms with Gasteiger partial charge in [-0.3, -0.25) is 9.59 Å². The number of pyridine rings is 1. The van der Waals surface area contributed by atoms with Crippen molar-refractivity contribution in [3.8, 4) is 16.9 Å². The van der Waals surface area contributed by atoms with Crippen molar-refractivity contribution in [1.29, 1.82) is 0 Å². The third kappa shape index (κ3) is 3.77. The number of aromatic hydroxyl groups is 1. The maximum Gasteiger partial charge on any atom is 0.311 e. The summed E-state index contributed by atoms with van der Waals surface area (Å²) in [6.07, 6.45) is 1.37. The molecule has 27 heavy (non-hydrogen) atoms. The molecule has 0 saturated carbocycles. The third-order valence-electron chi connectivity index (χ3n) is 4.87. The Morgan fingerprint density at radius 3 is 2.19 bits per heavy atom. The quantitative estimate of drug-likeness (QED) is 0.470. The Bertz CT molecular complexity index is 940. The Balaban J connectivity index is 2.50. The minimum Gasteiger partial charge on any atom is -0.505 e. The summed E-state index contributed by atoms with van der Waals surface area (Å²) >= 11 is 0. The van der Waals surface area contributed by atoms with Crippen LogP contribution in [0, 0.1) is 5.82 Å². The van der Waals surface area contributed by atoms with Crippen LogP contribution < -0.4 is 27.2 Å². The SMILES string of the molecule is Bc1c(B)c(F)c(B)c(-c2cnc(C(=O)NC(B)(B)C(=O)O)c(O)c2)c1B. The van der Waals surface area contributed by atoms with Crippen molar-refractivity contribution >= 4 is 80.8 Å². The molecule has 0 radical (unpaired) electrons. The minimum absolute atomic E-state index is 0.298. The van der Waals surface area contributed by atoms with E-state index in [1.165, 1.54) is 28.0 Å². The Hall–Kier alpha value is -2.57. The monoisotopic (exact) mass is 362 g/mol. The topological polar surface area (TPSA) is 99.5 Å². The van der Waals surface area contributed by atoms with Gasteiger partial charge in [0.1, 0.15) is 58.6 Å². The molecule has 1 amide bonds. The molecule has 0 fully saturated rings. The second-order valence-corrected chi connectivity index (χ2v) is 7.16. The van der Waals surface area contributed by atoms with Gasteiger partial charge in [0.15, 0.2) is 5.69 Å². The van der Waals surface area contributed by atoms with Crippen molar-refractivity contribution in [2.24, 2.45) is 0 Å². The zero-order chi connectivity index (χ0) is 20.7. The highest BCUT2D eigenvalue weighted by Crippen LogP contribution is 2.22. The number of aromatic nitrogens is 1. The number of carboxylic acid groups (broad SMARTS) is 1. The zero-order valence-electron chi connectivity index (χ0n) is 16.2. The number of aliphatic carboxylic acids is 1. The summed E-state index contributed by atoms with van der Waals surface area (Å²) in [4.78, 5) is 27.4. The Labute approximate surface area is 161 Å². The number of rotatable bonds is 4. The van der Waals surface area contributed by atoms with E-state index in [9.17, 15) is 19.1 Å². The Kier molecular flexibility index (Phi) is 5.54. The number of hydrogen-bond donors (Lipinski definition) is 3. The largest absolute Gasteiger partial charge is 0.505 e. The minimum atomic E-state index is -1.52. The highest BCUT2D eigenvalue weighted by molar-refractivity contribution is 6.61. The summed E-state index contributed by atoms with van der Waals surface area (Å²) in [6, 6.07) is 1.33. The molecule has 2 rings (SSSR count). The molecule has 0 spiro atoms. The van der Waals surface area contributed by atoms with Crippen LogP contribution in [0.4, 0.5) is 4.39 Å². The summed E-state index contributed by atoms with van der Waals surface area (Å²) in [5, 5.41) is 20.2. The number of carbonyl (C=O) groups is 2. The summed E-state index contributed by atoms with van der Waals surface area (Å²) in [7, 11) is 9.68. The van der Waals surface area contributed by atoms with Crippen molar-refractivity contribution in [3.63, 3.8) is 0 Å². The number of benzene rings is 1. The normalized spacial score (nSPS) is 11.1. The predicted octanol–water partition coefficient (Wildman–Crippen LogP) is -7.64. The number of carboxylic acids is 1. The summed E-state index contributed by atoms with van der Waals surface area (Å²) in [5.41, 5.74) is 3.44. The first-order valence-corrected chi connectivity index (χ1v) is 8.39. The molecule has 2 aromatic rings. The highest BCUT2D eigenvalue weighted by atomic mass is 19.1. The van der Waals surface area contributed by atoms with Gasteiger partial charge in [0.25, 0.3) is 5.91 Å². The molecule has 0 bridgehead atoms. The fraction of sp³-hybridized carbons (Fsp3) is 0.0714. The molecule has 1 aromatic heterocycles. The predicted molar refractivity (Wildman–Crippen MR) is 119 cm³/mol. The first-order chi connectivity index (χ1) is 12.4. The van der Waals surface area contributed by atoms with Crippen LogP contribution in [0.25, 0.3) is 11.1 Å². The van der Waals surface area contributed by atoms with Crippen LogP contribution in [0.3, 0.4) is 0 Å². The average Bonchev–Trinajstić information content (AvgIpc) is 2.58. The fourth-order valence-corrected chi connectivity index (χ4v) is 2.90. The second-order valence-electron chi connectivity index (χ2n) is 7.16. The van der Waals surface area contributed by atoms with E-state index in [1.54, 1.807) is 15.7 Å². The van der Waals surface area contributed by atoms with Gasteiger partial charge < -0.3 is 15.5 Å². The van der Waals surface area contributed by atoms with Gasteiger partial charge >= 0.3 is 5.97 Å². The number of carbonyl (C=O) groups excluding carboxylic acids is 1. The van der Waals surface area contributed by atoms with E-state index in [4.69, 9.17) is 5.11 Å². The second kappa shape index (κ2) is 7.21. The summed E-state index contributed by atoms with van der Waals surface area (Å²) < 4.78 is 14.5. The van der Waals surface area contributed by atoms with Gasteiger partial charge in [0.05, 0.1) is 5.34 Å². The van der Waals surface area contributed by atoms with Crippen LogP contribution in [0.2, 0.25) is 0 Å². The lowest BCUT2D eigenvalue weighted by atomic mass is 9.62. The van der Waals surface area contributed by atoms with Gasteiger partial charge in [0, 0.05) is 11.8 Å². The van der Waals surface area contributed by atoms with E-state index in [0.717, 1.165) is 10.9 Å². The Morgan fingerprint density at radius 1 is 1.07 bits per heavy atom. The molecule has 0 aliphatic rings. The van der Waals surface area contributed by atoms with Crippen LogP contribution in [-0.4, -0.2) is 79.5 Å². The molecule has 0 saturated heterocycles. The Morgan fingerprint density at radius 2 is 1.67 bits per heavy atom. The first-order valence-electron chi connectivity index (χ1n) is 8.39. The van der Waals surface area contributed by atoms with Gasteiger partial charge in [-0.2, -0.15) is 0 Å². The van der Waals surface area contributed by atoms with E-state index in [2.05, 4.69) is 10.3 Å². The molecule has 0 atom stereocenters. The van der Waals surface area contributed by atoms with Crippen molar-refractivity contribution < 1.29 is 24.2 Å². The molecule has 132 valence electrons. The van der Waals surface area contributed by atoms with Gasteiger partial charge in [-0.05, 0) is 17.1 Å². The molecule has 3 N–H and O–H groups in total. The molecule has 0 aliphatic heterocycles. The molecule has 1 aromatic carbocycles. The van der Waals surface area contributed by atoms with E-state index in [0.29, 0.717) is 22.1 Å². The first kappa shape index (κ1) is 20.7. The number of nitrogens with one attached hydrogen (secondary N) is 1. The van der Waals surface area contributed by atoms with Crippen molar-refractivity contribution in [1.82, 2.24) is 10.3 Å². The van der Waals surface area contributed by atoms with Crippen molar-refractivity contribution in [2.75, 3.05) is 0 Å². The standard InChI is InChI=1S/C14H17B6FN2O4/c15-6-5(7(16)10(21)9(18)8(6)17)3-1-4(24)11(22-2-3)12(25)23-14(19,20)13(26)27/h1-2,24H,15-20H2,(H,23,25)(H,26,27). The molecular weight excluding hydrogens is 344 g/mol. The lowest BCUT2D eigenvalue weighted by Gasteiger charge is -2.21. The van der Waals surface area contributed by atoms with Crippen LogP contribution in [0.5, 0.6) is 5.75 Å².